The van der Waals surface area contributed by atoms with E-state index in [-0.39, 0.29) is 11.8 Å². The number of ether oxygens (including phenoxy) is 1. The van der Waals surface area contributed by atoms with E-state index in [0.717, 1.165) is 29.0 Å². The highest BCUT2D eigenvalue weighted by atomic mass is 32.2. The summed E-state index contributed by atoms with van der Waals surface area (Å²) in [5.74, 6) is 1.36. The van der Waals surface area contributed by atoms with Gasteiger partial charge in [-0.25, -0.2) is 14.5 Å². The van der Waals surface area contributed by atoms with Gasteiger partial charge in [-0.05, 0) is 86.2 Å². The van der Waals surface area contributed by atoms with Gasteiger partial charge in [0.25, 0.3) is 0 Å². The number of rotatable bonds is 7. The second-order valence-electron chi connectivity index (χ2n) is 11.3. The van der Waals surface area contributed by atoms with Gasteiger partial charge >= 0.3 is 12.4 Å². The van der Waals surface area contributed by atoms with E-state index in [1.54, 1.807) is 11.8 Å². The van der Waals surface area contributed by atoms with Crippen LogP contribution in [0.2, 0.25) is 0 Å². The topological polar surface area (TPSA) is 84.6 Å². The Bertz CT molecular complexity index is 1750. The van der Waals surface area contributed by atoms with Gasteiger partial charge in [0.2, 0.25) is 0 Å². The largest absolute Gasteiger partial charge is 0.573 e. The second kappa shape index (κ2) is 13.8. The van der Waals surface area contributed by atoms with E-state index in [0.29, 0.717) is 28.3 Å². The minimum Gasteiger partial charge on any atom is -0.406 e. The number of halogens is 3. The van der Waals surface area contributed by atoms with Crippen LogP contribution >= 0.6 is 11.8 Å². The van der Waals surface area contributed by atoms with Crippen molar-refractivity contribution in [3.8, 4) is 22.8 Å². The van der Waals surface area contributed by atoms with E-state index in [1.165, 1.54) is 46.4 Å². The van der Waals surface area contributed by atoms with Crippen molar-refractivity contribution < 1.29 is 22.7 Å². The normalized spacial score (nSPS) is 16.6. The number of carbonyl (C=O) groups excluding carboxylic acids is 1. The molecule has 0 bridgehead atoms. The van der Waals surface area contributed by atoms with Crippen LogP contribution in [-0.4, -0.2) is 44.1 Å². The van der Waals surface area contributed by atoms with E-state index < -0.39 is 12.4 Å². The quantitative estimate of drug-likeness (QED) is 0.216. The van der Waals surface area contributed by atoms with Gasteiger partial charge < -0.3 is 15.0 Å². The first kappa shape index (κ1) is 32.8. The van der Waals surface area contributed by atoms with Crippen LogP contribution in [0, 0.1) is 6.92 Å². The molecule has 240 valence electrons. The average Bonchev–Trinajstić information content (AvgIpc) is 3.47. The van der Waals surface area contributed by atoms with Crippen molar-refractivity contribution in [1.29, 1.82) is 0 Å². The fraction of sp³-hybridized carbons (Fsp3) is 0.294. The van der Waals surface area contributed by atoms with Crippen LogP contribution in [0.3, 0.4) is 0 Å². The number of amides is 2. The number of benzene rings is 3. The Hall–Kier alpha value is -4.58. The molecule has 12 heteroatoms. The number of aliphatic imine (C=N–C) groups is 1. The second-order valence-corrected chi connectivity index (χ2v) is 12.4. The Morgan fingerprint density at radius 1 is 1.11 bits per heavy atom. The minimum absolute atomic E-state index is 0.210. The molecule has 3 aromatic carbocycles. The molecule has 2 heterocycles. The van der Waals surface area contributed by atoms with E-state index in [2.05, 4.69) is 75.9 Å². The molecule has 2 amide bonds. The number of allylic oxidation sites excluding steroid dienone is 1. The molecule has 0 radical (unpaired) electrons. The van der Waals surface area contributed by atoms with E-state index in [9.17, 15) is 18.0 Å². The Balaban J connectivity index is 1.26. The maximum atomic E-state index is 13.1. The summed E-state index contributed by atoms with van der Waals surface area (Å²) in [7, 11) is 0. The number of nitrogens with zero attached hydrogens (tertiary/aromatic N) is 5. The lowest BCUT2D eigenvalue weighted by Crippen LogP contribution is -2.42. The molecule has 1 unspecified atom stereocenters. The summed E-state index contributed by atoms with van der Waals surface area (Å²) >= 11 is 1.59. The summed E-state index contributed by atoms with van der Waals surface area (Å²) in [6, 6.07) is 18.9. The van der Waals surface area contributed by atoms with Gasteiger partial charge in [0.05, 0.1) is 5.69 Å². The number of urea groups is 1. The van der Waals surface area contributed by atoms with Crippen LogP contribution in [0.4, 0.5) is 23.7 Å². The first-order valence-corrected chi connectivity index (χ1v) is 15.8. The Kier molecular flexibility index (Phi) is 9.85. The molecule has 1 aromatic heterocycles. The summed E-state index contributed by atoms with van der Waals surface area (Å²) in [4.78, 5) is 24.1. The smallest absolute Gasteiger partial charge is 0.406 e. The highest BCUT2D eigenvalue weighted by Gasteiger charge is 2.31. The Labute approximate surface area is 270 Å². The first-order chi connectivity index (χ1) is 21.9. The molecule has 46 heavy (non-hydrogen) atoms. The van der Waals surface area contributed by atoms with Crippen molar-refractivity contribution >= 4 is 34.7 Å². The average molecular weight is 649 g/mol. The molecule has 1 saturated heterocycles. The monoisotopic (exact) mass is 648 g/mol. The standard InChI is InChI=1S/C34H35F3N6O2S/c1-21(2)30-22(3)7-6-8-29(30)43-24(5)17-18-46-33(43)40-32(44)39-23(4)19-25-9-11-26(12-10-25)31-38-20-42(41-31)27-13-15-28(16-14-27)45-34(35,36)37/h6-16,19-21,24H,17-18H2,1-5H3,(H,39,44)/b23-19+,40-33-. The van der Waals surface area contributed by atoms with Crippen molar-refractivity contribution in [2.75, 3.05) is 10.7 Å². The molecule has 5 rings (SSSR count). The molecule has 8 nitrogen and oxygen atoms in total. The lowest BCUT2D eigenvalue weighted by atomic mass is 9.95. The third kappa shape index (κ3) is 7.97. The van der Waals surface area contributed by atoms with Crippen molar-refractivity contribution in [2.24, 2.45) is 4.99 Å². The van der Waals surface area contributed by atoms with E-state index in [4.69, 9.17) is 0 Å². The summed E-state index contributed by atoms with van der Waals surface area (Å²) in [5, 5.41) is 8.03. The van der Waals surface area contributed by atoms with Crippen LogP contribution in [0.15, 0.2) is 83.7 Å². The van der Waals surface area contributed by atoms with Gasteiger partial charge in [0.15, 0.2) is 11.0 Å². The van der Waals surface area contributed by atoms with E-state index >= 15 is 0 Å². The van der Waals surface area contributed by atoms with Gasteiger partial charge in [-0.3, -0.25) is 0 Å². The molecular formula is C34H35F3N6O2S. The number of hydrogen-bond donors (Lipinski definition) is 1. The zero-order valence-electron chi connectivity index (χ0n) is 26.2. The van der Waals surface area contributed by atoms with Crippen molar-refractivity contribution in [1.82, 2.24) is 20.1 Å². The zero-order chi connectivity index (χ0) is 33.0. The number of aromatic nitrogens is 3. The number of thioether (sulfide) groups is 1. The van der Waals surface area contributed by atoms with Gasteiger partial charge in [0, 0.05) is 28.7 Å². The number of aryl methyl sites for hydroxylation is 1. The number of amidine groups is 1. The molecule has 4 aromatic rings. The number of anilines is 1. The number of alkyl halides is 3. The third-order valence-corrected chi connectivity index (χ3v) is 8.42. The number of hydrogen-bond acceptors (Lipinski definition) is 5. The highest BCUT2D eigenvalue weighted by molar-refractivity contribution is 8.14. The van der Waals surface area contributed by atoms with Gasteiger partial charge in [-0.1, -0.05) is 62.0 Å². The molecule has 1 atom stereocenters. The van der Waals surface area contributed by atoms with Crippen molar-refractivity contribution in [3.05, 3.63) is 95.4 Å². The number of nitrogens with one attached hydrogen (secondary N) is 1. The molecule has 1 aliphatic heterocycles. The fourth-order valence-electron chi connectivity index (χ4n) is 5.38. The molecule has 0 spiro atoms. The molecule has 1 aliphatic rings. The van der Waals surface area contributed by atoms with Crippen molar-refractivity contribution in [3.63, 3.8) is 0 Å². The fourth-order valence-corrected chi connectivity index (χ4v) is 6.59. The van der Waals surface area contributed by atoms with E-state index in [1.807, 2.05) is 37.3 Å². The van der Waals surface area contributed by atoms with Crippen molar-refractivity contribution in [2.45, 2.75) is 59.4 Å². The predicted octanol–water partition coefficient (Wildman–Crippen LogP) is 8.72. The van der Waals surface area contributed by atoms with Crippen LogP contribution in [0.1, 0.15) is 56.7 Å². The molecule has 0 saturated carbocycles. The van der Waals surface area contributed by atoms with Gasteiger partial charge in [-0.15, -0.1) is 18.3 Å². The first-order valence-electron chi connectivity index (χ1n) is 14.9. The molecule has 1 fully saturated rings. The number of carbonyl (C=O) groups is 1. The van der Waals surface area contributed by atoms with Gasteiger partial charge in [-0.2, -0.15) is 4.99 Å². The summed E-state index contributed by atoms with van der Waals surface area (Å²) in [6.45, 7) is 10.5. The van der Waals surface area contributed by atoms with Crippen LogP contribution in [-0.2, 0) is 0 Å². The SMILES string of the molecule is C/C(=C\c1ccc(-c2ncn(-c3ccc(OC(F)(F)F)cc3)n2)cc1)NC(=O)/N=C1\SCCC(C)N1c1cccc(C)c1C(C)C. The zero-order valence-corrected chi connectivity index (χ0v) is 27.0. The lowest BCUT2D eigenvalue weighted by molar-refractivity contribution is -0.274. The summed E-state index contributed by atoms with van der Waals surface area (Å²) < 4.78 is 42.7. The third-order valence-electron chi connectivity index (χ3n) is 7.43. The predicted molar refractivity (Wildman–Crippen MR) is 177 cm³/mol. The molecule has 0 aliphatic carbocycles. The van der Waals surface area contributed by atoms with Crippen LogP contribution in [0.25, 0.3) is 23.2 Å². The maximum Gasteiger partial charge on any atom is 0.573 e. The lowest BCUT2D eigenvalue weighted by Gasteiger charge is -2.37. The van der Waals surface area contributed by atoms with Crippen LogP contribution in [0.5, 0.6) is 5.75 Å². The Morgan fingerprint density at radius 2 is 1.83 bits per heavy atom. The summed E-state index contributed by atoms with van der Waals surface area (Å²) in [6.07, 6.45) is -0.421. The minimum atomic E-state index is -4.75. The summed E-state index contributed by atoms with van der Waals surface area (Å²) in [5.41, 5.74) is 6.37. The Morgan fingerprint density at radius 3 is 2.50 bits per heavy atom. The van der Waals surface area contributed by atoms with Crippen LogP contribution < -0.4 is 15.0 Å². The highest BCUT2D eigenvalue weighted by Crippen LogP contribution is 2.36. The maximum absolute atomic E-state index is 13.1. The molecule has 1 N–H and O–H groups in total. The molecular weight excluding hydrogens is 613 g/mol. The van der Waals surface area contributed by atoms with Gasteiger partial charge in [0.1, 0.15) is 12.1 Å².